The second-order valence-electron chi connectivity index (χ2n) is 7.29. The number of nitrogens with one attached hydrogen (secondary N) is 1. The van der Waals surface area contributed by atoms with Crippen LogP contribution in [0.5, 0.6) is 0 Å². The van der Waals surface area contributed by atoms with Crippen LogP contribution in [0.25, 0.3) is 0 Å². The molecule has 19 heavy (non-hydrogen) atoms. The van der Waals surface area contributed by atoms with Crippen molar-refractivity contribution in [2.45, 2.75) is 27.2 Å². The number of hydrogen-bond acceptors (Lipinski definition) is 3. The van der Waals surface area contributed by atoms with Crippen molar-refractivity contribution in [2.75, 3.05) is 39.4 Å². The molecule has 2 heterocycles. The van der Waals surface area contributed by atoms with Crippen LogP contribution >= 0.6 is 0 Å². The number of hydrogen-bond donors (Lipinski definition) is 1. The predicted octanol–water partition coefficient (Wildman–Crippen LogP) is 1.43. The Balaban J connectivity index is 1.69. The first-order valence-electron chi connectivity index (χ1n) is 7.06. The average Bonchev–Trinajstić information content (AvgIpc) is 2.73. The van der Waals surface area contributed by atoms with Gasteiger partial charge in [0.05, 0.1) is 6.61 Å². The van der Waals surface area contributed by atoms with Crippen molar-refractivity contribution in [3.05, 3.63) is 12.2 Å². The van der Waals surface area contributed by atoms with Gasteiger partial charge in [-0.3, -0.25) is 9.69 Å². The van der Waals surface area contributed by atoms with Crippen LogP contribution in [0, 0.1) is 10.8 Å². The van der Waals surface area contributed by atoms with Crippen molar-refractivity contribution in [2.24, 2.45) is 10.8 Å². The molecule has 4 nitrogen and oxygen atoms in total. The monoisotopic (exact) mass is 266 g/mol. The zero-order chi connectivity index (χ0) is 14.1. The van der Waals surface area contributed by atoms with Crippen LogP contribution in [0.2, 0.25) is 0 Å². The molecule has 0 aromatic carbocycles. The van der Waals surface area contributed by atoms with E-state index in [0.29, 0.717) is 24.1 Å². The predicted molar refractivity (Wildman–Crippen MR) is 75.9 cm³/mol. The fourth-order valence-electron chi connectivity index (χ4n) is 2.73. The Morgan fingerprint density at radius 1 is 1.42 bits per heavy atom. The molecule has 2 aliphatic heterocycles. The lowest BCUT2D eigenvalue weighted by Crippen LogP contribution is -2.57. The quantitative estimate of drug-likeness (QED) is 0.783. The molecule has 0 atom stereocenters. The van der Waals surface area contributed by atoms with Crippen molar-refractivity contribution < 1.29 is 9.53 Å². The largest absolute Gasteiger partial charge is 0.381 e. The van der Waals surface area contributed by atoms with E-state index in [1.54, 1.807) is 0 Å². The number of ether oxygens (including phenoxy) is 1. The summed E-state index contributed by atoms with van der Waals surface area (Å²) in [6, 6.07) is 0. The summed E-state index contributed by atoms with van der Waals surface area (Å²) in [5.41, 5.74) is 1.15. The van der Waals surface area contributed by atoms with Gasteiger partial charge in [-0.1, -0.05) is 27.4 Å². The average molecular weight is 266 g/mol. The first kappa shape index (κ1) is 14.5. The van der Waals surface area contributed by atoms with Gasteiger partial charge >= 0.3 is 0 Å². The van der Waals surface area contributed by atoms with Gasteiger partial charge in [0.15, 0.2) is 0 Å². The van der Waals surface area contributed by atoms with Gasteiger partial charge in [0.25, 0.3) is 0 Å². The molecule has 0 saturated carbocycles. The van der Waals surface area contributed by atoms with Gasteiger partial charge in [0.1, 0.15) is 0 Å². The first-order chi connectivity index (χ1) is 8.80. The highest BCUT2D eigenvalue weighted by atomic mass is 16.5. The molecule has 2 aliphatic rings. The molecule has 1 amide bonds. The molecule has 108 valence electrons. The molecule has 1 spiro atoms. The van der Waals surface area contributed by atoms with E-state index in [1.165, 1.54) is 0 Å². The minimum Gasteiger partial charge on any atom is -0.381 e. The number of likely N-dealkylation sites (tertiary alicyclic amines) is 1. The number of nitrogens with zero attached hydrogens (tertiary/aromatic N) is 1. The number of carbonyl (C=O) groups excluding carboxylic acids is 1. The summed E-state index contributed by atoms with van der Waals surface area (Å²) in [4.78, 5) is 14.2. The summed E-state index contributed by atoms with van der Waals surface area (Å²) in [7, 11) is 0. The molecular weight excluding hydrogens is 240 g/mol. The van der Waals surface area contributed by atoms with E-state index < -0.39 is 0 Å². The zero-order valence-corrected chi connectivity index (χ0v) is 12.4. The lowest BCUT2D eigenvalue weighted by molar-refractivity contribution is -0.118. The van der Waals surface area contributed by atoms with Crippen LogP contribution in [0.3, 0.4) is 0 Å². The van der Waals surface area contributed by atoms with E-state index in [4.69, 9.17) is 4.74 Å². The Morgan fingerprint density at radius 2 is 2.11 bits per heavy atom. The standard InChI is InChI=1S/C15H26N2O2/c1-12(13(18)16-8-14(2,3)4)7-17-9-15(10-17)5-6-19-11-15/h1,5-11H2,2-4H3,(H,16,18). The van der Waals surface area contributed by atoms with E-state index in [-0.39, 0.29) is 11.3 Å². The summed E-state index contributed by atoms with van der Waals surface area (Å²) in [6.45, 7) is 15.4. The van der Waals surface area contributed by atoms with Gasteiger partial charge in [0, 0.05) is 43.8 Å². The summed E-state index contributed by atoms with van der Waals surface area (Å²) in [5.74, 6) is -0.0152. The van der Waals surface area contributed by atoms with Gasteiger partial charge < -0.3 is 10.1 Å². The highest BCUT2D eigenvalue weighted by Gasteiger charge is 2.45. The summed E-state index contributed by atoms with van der Waals surface area (Å²) >= 11 is 0. The number of rotatable bonds is 4. The maximum Gasteiger partial charge on any atom is 0.247 e. The molecule has 2 rings (SSSR count). The van der Waals surface area contributed by atoms with Gasteiger partial charge in [-0.25, -0.2) is 0 Å². The number of amides is 1. The molecule has 0 aromatic rings. The topological polar surface area (TPSA) is 41.6 Å². The third-order valence-corrected chi connectivity index (χ3v) is 3.82. The Kier molecular flexibility index (Phi) is 4.02. The van der Waals surface area contributed by atoms with E-state index in [1.807, 2.05) is 0 Å². The highest BCUT2D eigenvalue weighted by Crippen LogP contribution is 2.38. The normalized spacial score (nSPS) is 22.3. The Labute approximate surface area is 116 Å². The molecular formula is C15H26N2O2. The fourth-order valence-corrected chi connectivity index (χ4v) is 2.73. The summed E-state index contributed by atoms with van der Waals surface area (Å²) in [6.07, 6.45) is 1.16. The molecule has 2 saturated heterocycles. The van der Waals surface area contributed by atoms with Crippen molar-refractivity contribution in [1.29, 1.82) is 0 Å². The Bertz CT molecular complexity index is 357. The fraction of sp³-hybridized carbons (Fsp3) is 0.800. The molecule has 0 radical (unpaired) electrons. The third-order valence-electron chi connectivity index (χ3n) is 3.82. The number of carbonyl (C=O) groups is 1. The second kappa shape index (κ2) is 5.25. The molecule has 1 N–H and O–H groups in total. The van der Waals surface area contributed by atoms with E-state index >= 15 is 0 Å². The van der Waals surface area contributed by atoms with Gasteiger partial charge in [-0.15, -0.1) is 0 Å². The van der Waals surface area contributed by atoms with Crippen molar-refractivity contribution >= 4 is 5.91 Å². The molecule has 0 aromatic heterocycles. The second-order valence-corrected chi connectivity index (χ2v) is 7.29. The van der Waals surface area contributed by atoms with Crippen LogP contribution in [-0.4, -0.2) is 50.2 Å². The van der Waals surface area contributed by atoms with E-state index in [2.05, 4.69) is 37.6 Å². The molecule has 0 bridgehead atoms. The molecule has 4 heteroatoms. The molecule has 0 aliphatic carbocycles. The van der Waals surface area contributed by atoms with Crippen LogP contribution in [-0.2, 0) is 9.53 Å². The SMILES string of the molecule is C=C(CN1CC2(CCOC2)C1)C(=O)NCC(C)(C)C. The van der Waals surface area contributed by atoms with Crippen LogP contribution in [0.15, 0.2) is 12.2 Å². The minimum atomic E-state index is -0.0152. The van der Waals surface area contributed by atoms with E-state index in [9.17, 15) is 4.79 Å². The van der Waals surface area contributed by atoms with Crippen molar-refractivity contribution in [3.8, 4) is 0 Å². The molecule has 0 unspecified atom stereocenters. The first-order valence-corrected chi connectivity index (χ1v) is 7.06. The van der Waals surface area contributed by atoms with E-state index in [0.717, 1.165) is 32.7 Å². The molecule has 2 fully saturated rings. The minimum absolute atomic E-state index is 0.0152. The highest BCUT2D eigenvalue weighted by molar-refractivity contribution is 5.93. The summed E-state index contributed by atoms with van der Waals surface area (Å²) < 4.78 is 5.45. The lowest BCUT2D eigenvalue weighted by atomic mass is 9.79. The van der Waals surface area contributed by atoms with Gasteiger partial charge in [0.2, 0.25) is 5.91 Å². The Morgan fingerprint density at radius 3 is 2.63 bits per heavy atom. The van der Waals surface area contributed by atoms with Crippen molar-refractivity contribution in [1.82, 2.24) is 10.2 Å². The third kappa shape index (κ3) is 3.80. The van der Waals surface area contributed by atoms with Gasteiger partial charge in [-0.05, 0) is 11.8 Å². The van der Waals surface area contributed by atoms with Crippen molar-refractivity contribution in [3.63, 3.8) is 0 Å². The van der Waals surface area contributed by atoms with Crippen LogP contribution < -0.4 is 5.32 Å². The summed E-state index contributed by atoms with van der Waals surface area (Å²) in [5, 5.41) is 2.95. The van der Waals surface area contributed by atoms with Crippen LogP contribution in [0.4, 0.5) is 0 Å². The van der Waals surface area contributed by atoms with Crippen LogP contribution in [0.1, 0.15) is 27.2 Å². The maximum absolute atomic E-state index is 11.9. The van der Waals surface area contributed by atoms with Gasteiger partial charge in [-0.2, -0.15) is 0 Å². The Hall–Kier alpha value is -0.870. The lowest BCUT2D eigenvalue weighted by Gasteiger charge is -2.47. The zero-order valence-electron chi connectivity index (χ0n) is 12.4. The smallest absolute Gasteiger partial charge is 0.247 e. The maximum atomic E-state index is 11.9.